The van der Waals surface area contributed by atoms with Gasteiger partial charge in [0.2, 0.25) is 5.91 Å². The summed E-state index contributed by atoms with van der Waals surface area (Å²) in [6.45, 7) is 3.01. The summed E-state index contributed by atoms with van der Waals surface area (Å²) >= 11 is 5.89. The van der Waals surface area contributed by atoms with E-state index in [1.54, 1.807) is 0 Å². The van der Waals surface area contributed by atoms with Gasteiger partial charge in [-0.05, 0) is 55.8 Å². The van der Waals surface area contributed by atoms with Crippen molar-refractivity contribution in [2.24, 2.45) is 11.8 Å². The molecule has 2 aliphatic rings. The van der Waals surface area contributed by atoms with Gasteiger partial charge in [-0.3, -0.25) is 4.79 Å². The molecule has 1 aliphatic carbocycles. The van der Waals surface area contributed by atoms with Gasteiger partial charge in [0.05, 0.1) is 12.1 Å². The lowest BCUT2D eigenvalue weighted by atomic mass is 9.93. The number of benzene rings is 1. The smallest absolute Gasteiger partial charge is 0.237 e. The van der Waals surface area contributed by atoms with Gasteiger partial charge in [-0.15, -0.1) is 0 Å². The minimum Gasteiger partial charge on any atom is -0.348 e. The molecular formula is C16H21ClN2O. The molecule has 1 aliphatic heterocycles. The van der Waals surface area contributed by atoms with E-state index in [0.717, 1.165) is 17.1 Å². The first-order valence-electron chi connectivity index (χ1n) is 7.44. The van der Waals surface area contributed by atoms with Crippen molar-refractivity contribution in [2.45, 2.75) is 38.3 Å². The zero-order valence-corrected chi connectivity index (χ0v) is 12.5. The molecule has 1 aromatic carbocycles. The van der Waals surface area contributed by atoms with Gasteiger partial charge in [0, 0.05) is 5.02 Å². The first-order valence-corrected chi connectivity index (χ1v) is 7.82. The monoisotopic (exact) mass is 292 g/mol. The summed E-state index contributed by atoms with van der Waals surface area (Å²) in [4.78, 5) is 12.4. The predicted octanol–water partition coefficient (Wildman–Crippen LogP) is 2.91. The lowest BCUT2D eigenvalue weighted by Gasteiger charge is -2.21. The predicted molar refractivity (Wildman–Crippen MR) is 80.6 cm³/mol. The van der Waals surface area contributed by atoms with Gasteiger partial charge in [0.15, 0.2) is 0 Å². The van der Waals surface area contributed by atoms with Crippen LogP contribution in [0.5, 0.6) is 0 Å². The molecule has 1 aromatic rings. The van der Waals surface area contributed by atoms with E-state index in [2.05, 4.69) is 10.6 Å². The van der Waals surface area contributed by atoms with Gasteiger partial charge in [-0.2, -0.15) is 0 Å². The van der Waals surface area contributed by atoms with Crippen molar-refractivity contribution in [3.63, 3.8) is 0 Å². The van der Waals surface area contributed by atoms with E-state index in [4.69, 9.17) is 11.6 Å². The van der Waals surface area contributed by atoms with Crippen LogP contribution in [0.15, 0.2) is 24.3 Å². The number of halogens is 1. The van der Waals surface area contributed by atoms with E-state index in [0.29, 0.717) is 11.8 Å². The molecule has 0 radical (unpaired) electrons. The summed E-state index contributed by atoms with van der Waals surface area (Å²) in [5.74, 6) is 1.38. The second-order valence-electron chi connectivity index (χ2n) is 6.02. The molecular weight excluding hydrogens is 272 g/mol. The third kappa shape index (κ3) is 2.70. The highest BCUT2D eigenvalue weighted by molar-refractivity contribution is 6.30. The van der Waals surface area contributed by atoms with E-state index in [1.165, 1.54) is 19.3 Å². The second-order valence-corrected chi connectivity index (χ2v) is 6.46. The normalized spacial score (nSPS) is 30.0. The van der Waals surface area contributed by atoms with Crippen molar-refractivity contribution in [2.75, 3.05) is 6.54 Å². The zero-order chi connectivity index (χ0) is 14.1. The highest BCUT2D eigenvalue weighted by atomic mass is 35.5. The van der Waals surface area contributed by atoms with Crippen LogP contribution in [0.1, 0.15) is 37.8 Å². The molecule has 1 amide bonds. The lowest BCUT2D eigenvalue weighted by molar-refractivity contribution is -0.124. The number of hydrogen-bond acceptors (Lipinski definition) is 2. The summed E-state index contributed by atoms with van der Waals surface area (Å²) in [7, 11) is 0. The molecule has 1 saturated carbocycles. The Kier molecular flexibility index (Phi) is 3.99. The van der Waals surface area contributed by atoms with Crippen molar-refractivity contribution >= 4 is 17.5 Å². The van der Waals surface area contributed by atoms with Gasteiger partial charge in [0.25, 0.3) is 0 Å². The molecule has 0 bridgehead atoms. The van der Waals surface area contributed by atoms with E-state index in [9.17, 15) is 4.79 Å². The third-order valence-electron chi connectivity index (χ3n) is 4.76. The standard InChI is InChI=1S/C16H21ClN2O/c1-10(11-5-7-13(17)8-6-11)19-16(20)15-14-4-2-3-12(14)9-18-15/h5-8,10,12,14-15,18H,2-4,9H2,1H3,(H,19,20). The molecule has 2 fully saturated rings. The minimum atomic E-state index is -0.00255. The molecule has 1 saturated heterocycles. The SMILES string of the molecule is CC(NC(=O)C1NCC2CCCC21)c1ccc(Cl)cc1. The van der Waals surface area contributed by atoms with E-state index in [-0.39, 0.29) is 18.0 Å². The maximum absolute atomic E-state index is 12.4. The molecule has 4 unspecified atom stereocenters. The average molecular weight is 293 g/mol. The number of hydrogen-bond donors (Lipinski definition) is 2. The number of rotatable bonds is 3. The fraction of sp³-hybridized carbons (Fsp3) is 0.562. The molecule has 0 aromatic heterocycles. The van der Waals surface area contributed by atoms with Crippen LogP contribution in [0, 0.1) is 11.8 Å². The number of carbonyl (C=O) groups excluding carboxylic acids is 1. The molecule has 4 atom stereocenters. The maximum Gasteiger partial charge on any atom is 0.237 e. The molecule has 108 valence electrons. The Morgan fingerprint density at radius 1 is 1.35 bits per heavy atom. The Balaban J connectivity index is 1.62. The summed E-state index contributed by atoms with van der Waals surface area (Å²) in [5.41, 5.74) is 1.09. The van der Waals surface area contributed by atoms with Gasteiger partial charge in [0.1, 0.15) is 0 Å². The molecule has 2 N–H and O–H groups in total. The van der Waals surface area contributed by atoms with Gasteiger partial charge in [-0.1, -0.05) is 30.2 Å². The highest BCUT2D eigenvalue weighted by Gasteiger charge is 2.42. The lowest BCUT2D eigenvalue weighted by Crippen LogP contribution is -2.44. The second kappa shape index (κ2) is 5.74. The molecule has 4 heteroatoms. The number of nitrogens with one attached hydrogen (secondary N) is 2. The van der Waals surface area contributed by atoms with Crippen LogP contribution >= 0.6 is 11.6 Å². The molecule has 3 nitrogen and oxygen atoms in total. The third-order valence-corrected chi connectivity index (χ3v) is 5.01. The van der Waals surface area contributed by atoms with Crippen LogP contribution < -0.4 is 10.6 Å². The Morgan fingerprint density at radius 3 is 2.85 bits per heavy atom. The molecule has 1 heterocycles. The van der Waals surface area contributed by atoms with Crippen molar-refractivity contribution in [1.82, 2.24) is 10.6 Å². The zero-order valence-electron chi connectivity index (χ0n) is 11.7. The fourth-order valence-corrected chi connectivity index (χ4v) is 3.74. The number of amides is 1. The first-order chi connectivity index (χ1) is 9.65. The summed E-state index contributed by atoms with van der Waals surface area (Å²) in [5, 5.41) is 7.24. The topological polar surface area (TPSA) is 41.1 Å². The fourth-order valence-electron chi connectivity index (χ4n) is 3.61. The molecule has 0 spiro atoms. The number of fused-ring (bicyclic) bond motifs is 1. The first kappa shape index (κ1) is 13.9. The molecule has 20 heavy (non-hydrogen) atoms. The van der Waals surface area contributed by atoms with E-state index in [1.807, 2.05) is 31.2 Å². The largest absolute Gasteiger partial charge is 0.348 e. The van der Waals surface area contributed by atoms with Crippen molar-refractivity contribution in [3.8, 4) is 0 Å². The minimum absolute atomic E-state index is 0.00255. The average Bonchev–Trinajstić information content (AvgIpc) is 3.01. The summed E-state index contributed by atoms with van der Waals surface area (Å²) in [6, 6.07) is 7.67. The van der Waals surface area contributed by atoms with Gasteiger partial charge < -0.3 is 10.6 Å². The summed E-state index contributed by atoms with van der Waals surface area (Å²) < 4.78 is 0. The van der Waals surface area contributed by atoms with Crippen LogP contribution in [0.3, 0.4) is 0 Å². The Hall–Kier alpha value is -1.06. The van der Waals surface area contributed by atoms with Crippen molar-refractivity contribution in [3.05, 3.63) is 34.9 Å². The van der Waals surface area contributed by atoms with Crippen molar-refractivity contribution < 1.29 is 4.79 Å². The maximum atomic E-state index is 12.4. The van der Waals surface area contributed by atoms with E-state index < -0.39 is 0 Å². The van der Waals surface area contributed by atoms with E-state index >= 15 is 0 Å². The quantitative estimate of drug-likeness (QED) is 0.899. The van der Waals surface area contributed by atoms with Crippen LogP contribution in [0.25, 0.3) is 0 Å². The Morgan fingerprint density at radius 2 is 2.10 bits per heavy atom. The van der Waals surface area contributed by atoms with Gasteiger partial charge in [-0.25, -0.2) is 0 Å². The van der Waals surface area contributed by atoms with Gasteiger partial charge >= 0.3 is 0 Å². The Labute approximate surface area is 125 Å². The van der Waals surface area contributed by atoms with Crippen LogP contribution in [-0.2, 0) is 4.79 Å². The number of carbonyl (C=O) groups is 1. The Bertz CT molecular complexity index is 488. The highest BCUT2D eigenvalue weighted by Crippen LogP contribution is 2.37. The van der Waals surface area contributed by atoms with Crippen LogP contribution in [0.4, 0.5) is 0 Å². The summed E-state index contributed by atoms with van der Waals surface area (Å²) in [6.07, 6.45) is 3.73. The molecule has 3 rings (SSSR count). The van der Waals surface area contributed by atoms with Crippen LogP contribution in [-0.4, -0.2) is 18.5 Å². The van der Waals surface area contributed by atoms with Crippen LogP contribution in [0.2, 0.25) is 5.02 Å². The van der Waals surface area contributed by atoms with Crippen molar-refractivity contribution in [1.29, 1.82) is 0 Å².